The van der Waals surface area contributed by atoms with Crippen LogP contribution in [0.1, 0.15) is 11.3 Å². The van der Waals surface area contributed by atoms with E-state index in [1.54, 1.807) is 0 Å². The van der Waals surface area contributed by atoms with Crippen molar-refractivity contribution in [1.82, 2.24) is 15.5 Å². The minimum atomic E-state index is -5.08. The number of carboxylic acids is 1. The van der Waals surface area contributed by atoms with Gasteiger partial charge in [0.05, 0.1) is 5.69 Å². The zero-order valence-corrected chi connectivity index (χ0v) is 13.3. The normalized spacial score (nSPS) is 13.7. The molecule has 0 saturated heterocycles. The molecule has 0 spiro atoms. The Morgan fingerprint density at radius 1 is 1.26 bits per heavy atom. The third-order valence-electron chi connectivity index (χ3n) is 3.17. The van der Waals surface area contributed by atoms with Gasteiger partial charge < -0.3 is 10.4 Å². The lowest BCUT2D eigenvalue weighted by atomic mass is 10.0. The minimum Gasteiger partial charge on any atom is -0.475 e. The zero-order valence-electron chi connectivity index (χ0n) is 11.7. The largest absolute Gasteiger partial charge is 0.490 e. The highest BCUT2D eigenvalue weighted by atomic mass is 79.9. The molecule has 0 aliphatic carbocycles. The lowest BCUT2D eigenvalue weighted by molar-refractivity contribution is -0.192. The molecule has 0 fully saturated rings. The van der Waals surface area contributed by atoms with E-state index in [2.05, 4.69) is 43.6 Å². The maximum Gasteiger partial charge on any atom is 0.490 e. The van der Waals surface area contributed by atoms with Gasteiger partial charge in [-0.15, -0.1) is 0 Å². The van der Waals surface area contributed by atoms with Crippen molar-refractivity contribution in [2.24, 2.45) is 0 Å². The molecule has 0 bridgehead atoms. The monoisotopic (exact) mass is 391 g/mol. The van der Waals surface area contributed by atoms with E-state index >= 15 is 0 Å². The second-order valence-corrected chi connectivity index (χ2v) is 5.68. The van der Waals surface area contributed by atoms with Crippen LogP contribution in [0, 0.1) is 0 Å². The third kappa shape index (κ3) is 4.55. The molecule has 1 aromatic carbocycles. The first-order valence-electron chi connectivity index (χ1n) is 6.62. The first-order valence-corrected chi connectivity index (χ1v) is 7.41. The van der Waals surface area contributed by atoms with Crippen LogP contribution in [0.25, 0.3) is 11.3 Å². The SMILES string of the molecule is Brc1ccc(-c2n[nH]c3c2CNCC3)cc1.O=C(O)C(F)(F)F. The number of H-pyrrole nitrogens is 1. The van der Waals surface area contributed by atoms with Gasteiger partial charge in [-0.25, -0.2) is 4.79 Å². The highest BCUT2D eigenvalue weighted by Gasteiger charge is 2.38. The van der Waals surface area contributed by atoms with Gasteiger partial charge in [-0.3, -0.25) is 5.10 Å². The van der Waals surface area contributed by atoms with E-state index in [1.165, 1.54) is 16.8 Å². The Balaban J connectivity index is 0.000000236. The van der Waals surface area contributed by atoms with E-state index in [0.29, 0.717) is 0 Å². The van der Waals surface area contributed by atoms with Crippen molar-refractivity contribution in [3.63, 3.8) is 0 Å². The number of aromatic nitrogens is 2. The van der Waals surface area contributed by atoms with Crippen molar-refractivity contribution < 1.29 is 23.1 Å². The Hall–Kier alpha value is -1.87. The van der Waals surface area contributed by atoms with Gasteiger partial charge in [0.15, 0.2) is 0 Å². The van der Waals surface area contributed by atoms with Gasteiger partial charge in [-0.1, -0.05) is 28.1 Å². The average Bonchev–Trinajstić information content (AvgIpc) is 2.92. The quantitative estimate of drug-likeness (QED) is 0.697. The van der Waals surface area contributed by atoms with Crippen LogP contribution in [-0.4, -0.2) is 34.0 Å². The number of rotatable bonds is 1. The smallest absolute Gasteiger partial charge is 0.475 e. The second-order valence-electron chi connectivity index (χ2n) is 4.77. The third-order valence-corrected chi connectivity index (χ3v) is 3.70. The minimum absolute atomic E-state index is 0.914. The van der Waals surface area contributed by atoms with Crippen LogP contribution < -0.4 is 5.32 Å². The fraction of sp³-hybridized carbons (Fsp3) is 0.286. The number of carbonyl (C=O) groups is 1. The van der Waals surface area contributed by atoms with Crippen LogP contribution in [-0.2, 0) is 17.8 Å². The zero-order chi connectivity index (χ0) is 17.0. The lowest BCUT2D eigenvalue weighted by Crippen LogP contribution is -2.23. The maximum atomic E-state index is 10.6. The van der Waals surface area contributed by atoms with E-state index < -0.39 is 12.1 Å². The van der Waals surface area contributed by atoms with E-state index in [4.69, 9.17) is 9.90 Å². The Morgan fingerprint density at radius 3 is 2.43 bits per heavy atom. The molecular formula is C14H13BrF3N3O2. The van der Waals surface area contributed by atoms with Crippen molar-refractivity contribution in [2.75, 3.05) is 6.54 Å². The topological polar surface area (TPSA) is 78.0 Å². The highest BCUT2D eigenvalue weighted by Crippen LogP contribution is 2.26. The van der Waals surface area contributed by atoms with E-state index in [-0.39, 0.29) is 0 Å². The number of fused-ring (bicyclic) bond motifs is 1. The summed E-state index contributed by atoms with van der Waals surface area (Å²) in [4.78, 5) is 8.90. The molecule has 2 heterocycles. The van der Waals surface area contributed by atoms with Gasteiger partial charge in [0.2, 0.25) is 0 Å². The lowest BCUT2D eigenvalue weighted by Gasteiger charge is -2.12. The molecule has 0 atom stereocenters. The van der Waals surface area contributed by atoms with Crippen molar-refractivity contribution >= 4 is 21.9 Å². The van der Waals surface area contributed by atoms with E-state index in [1.807, 2.05) is 12.1 Å². The molecule has 0 radical (unpaired) electrons. The van der Waals surface area contributed by atoms with Crippen LogP contribution in [0.4, 0.5) is 13.2 Å². The molecule has 0 saturated carbocycles. The van der Waals surface area contributed by atoms with E-state index in [0.717, 1.165) is 29.7 Å². The summed E-state index contributed by atoms with van der Waals surface area (Å²) in [7, 11) is 0. The van der Waals surface area contributed by atoms with Crippen LogP contribution in [0.5, 0.6) is 0 Å². The number of benzene rings is 1. The predicted octanol–water partition coefficient (Wildman–Crippen LogP) is 3.12. The Morgan fingerprint density at radius 2 is 1.87 bits per heavy atom. The number of nitrogens with one attached hydrogen (secondary N) is 2. The molecule has 0 amide bonds. The molecule has 5 nitrogen and oxygen atoms in total. The number of nitrogens with zero attached hydrogens (tertiary/aromatic N) is 1. The molecule has 0 unspecified atom stereocenters. The van der Waals surface area contributed by atoms with Gasteiger partial charge in [0.1, 0.15) is 0 Å². The Labute approximate surface area is 138 Å². The molecule has 1 aromatic heterocycles. The van der Waals surface area contributed by atoms with Gasteiger partial charge >= 0.3 is 12.1 Å². The number of aliphatic carboxylic acids is 1. The summed E-state index contributed by atoms with van der Waals surface area (Å²) in [6.45, 7) is 1.95. The van der Waals surface area contributed by atoms with Crippen molar-refractivity contribution in [2.45, 2.75) is 19.1 Å². The average molecular weight is 392 g/mol. The summed E-state index contributed by atoms with van der Waals surface area (Å²) >= 11 is 3.44. The summed E-state index contributed by atoms with van der Waals surface area (Å²) in [5, 5.41) is 18.1. The van der Waals surface area contributed by atoms with Gasteiger partial charge in [-0.05, 0) is 12.1 Å². The molecule has 1 aliphatic rings. The molecular weight excluding hydrogens is 379 g/mol. The van der Waals surface area contributed by atoms with Crippen LogP contribution >= 0.6 is 15.9 Å². The molecule has 2 aromatic rings. The van der Waals surface area contributed by atoms with Crippen LogP contribution in [0.15, 0.2) is 28.7 Å². The summed E-state index contributed by atoms with van der Waals surface area (Å²) in [5.74, 6) is -2.76. The predicted molar refractivity (Wildman–Crippen MR) is 80.8 cm³/mol. The molecule has 1 aliphatic heterocycles. The number of aromatic amines is 1. The second kappa shape index (κ2) is 7.14. The molecule has 9 heteroatoms. The summed E-state index contributed by atoms with van der Waals surface area (Å²) < 4.78 is 32.8. The molecule has 124 valence electrons. The molecule has 23 heavy (non-hydrogen) atoms. The van der Waals surface area contributed by atoms with Gasteiger partial charge in [0.25, 0.3) is 0 Å². The van der Waals surface area contributed by atoms with Crippen LogP contribution in [0.3, 0.4) is 0 Å². The summed E-state index contributed by atoms with van der Waals surface area (Å²) in [6, 6.07) is 8.28. The first kappa shape index (κ1) is 17.5. The highest BCUT2D eigenvalue weighted by molar-refractivity contribution is 9.10. The number of hydrogen-bond donors (Lipinski definition) is 3. The molecule has 3 N–H and O–H groups in total. The van der Waals surface area contributed by atoms with E-state index in [9.17, 15) is 13.2 Å². The summed E-state index contributed by atoms with van der Waals surface area (Å²) in [6.07, 6.45) is -4.04. The number of carboxylic acid groups (broad SMARTS) is 1. The Bertz CT molecular complexity index is 684. The summed E-state index contributed by atoms with van der Waals surface area (Å²) in [5.41, 5.74) is 4.84. The molecule has 3 rings (SSSR count). The first-order chi connectivity index (χ1) is 10.8. The van der Waals surface area contributed by atoms with Crippen LogP contribution in [0.2, 0.25) is 0 Å². The fourth-order valence-electron chi connectivity index (χ4n) is 2.07. The Kier molecular flexibility index (Phi) is 5.42. The number of alkyl halides is 3. The standard InChI is InChI=1S/C12H12BrN3.C2HF3O2/c13-9-3-1-8(2-4-9)12-10-7-14-6-5-11(10)15-16-12;3-2(4,5)1(6)7/h1-4,14H,5-7H2,(H,15,16);(H,6,7). The maximum absolute atomic E-state index is 10.6. The van der Waals surface area contributed by atoms with Gasteiger partial charge in [0, 0.05) is 40.8 Å². The number of halogens is 4. The van der Waals surface area contributed by atoms with Crippen molar-refractivity contribution in [3.05, 3.63) is 40.0 Å². The van der Waals surface area contributed by atoms with Gasteiger partial charge in [-0.2, -0.15) is 18.3 Å². The number of hydrogen-bond acceptors (Lipinski definition) is 3. The fourth-order valence-corrected chi connectivity index (χ4v) is 2.34. The van der Waals surface area contributed by atoms with Crippen molar-refractivity contribution in [1.29, 1.82) is 0 Å². The van der Waals surface area contributed by atoms with Crippen molar-refractivity contribution in [3.8, 4) is 11.3 Å².